The van der Waals surface area contributed by atoms with E-state index in [-0.39, 0.29) is 5.56 Å². The molecule has 110 valence electrons. The van der Waals surface area contributed by atoms with Gasteiger partial charge in [0.05, 0.1) is 23.4 Å². The first-order chi connectivity index (χ1) is 9.41. The molecule has 4 nitrogen and oxygen atoms in total. The summed E-state index contributed by atoms with van der Waals surface area (Å²) in [6.07, 6.45) is -3.91. The molecule has 0 aliphatic carbocycles. The normalized spacial score (nSPS) is 16.9. The number of amides is 1. The molecule has 2 N–H and O–H groups in total. The quantitative estimate of drug-likeness (QED) is 0.806. The minimum absolute atomic E-state index is 0.110. The summed E-state index contributed by atoms with van der Waals surface area (Å²) in [4.78, 5) is 13.7. The Bertz CT molecular complexity index is 495. The zero-order valence-electron chi connectivity index (χ0n) is 10.7. The van der Waals surface area contributed by atoms with Gasteiger partial charge in [0.1, 0.15) is 0 Å². The number of nitrogens with two attached hydrogens (primary N) is 1. The lowest BCUT2D eigenvalue weighted by Crippen LogP contribution is -2.34. The number of nitrogens with zero attached hydrogens (tertiary/aromatic N) is 1. The second kappa shape index (κ2) is 5.70. The third-order valence-electron chi connectivity index (χ3n) is 3.15. The number of hydrogen-bond donors (Lipinski definition) is 1. The summed E-state index contributed by atoms with van der Waals surface area (Å²) in [6, 6.07) is 3.39. The SMILES string of the molecule is Nc1c(C(=O)N2CCCOCC2)cccc1C(F)(F)F. The zero-order chi connectivity index (χ0) is 14.8. The third kappa shape index (κ3) is 3.04. The number of anilines is 1. The maximum absolute atomic E-state index is 12.8. The molecule has 20 heavy (non-hydrogen) atoms. The molecule has 0 bridgehead atoms. The summed E-state index contributed by atoms with van der Waals surface area (Å²) in [6.45, 7) is 1.73. The molecular weight excluding hydrogens is 273 g/mol. The van der Waals surface area contributed by atoms with Crippen LogP contribution in [0.3, 0.4) is 0 Å². The van der Waals surface area contributed by atoms with Gasteiger partial charge in [-0.3, -0.25) is 4.79 Å². The Morgan fingerprint density at radius 2 is 2.00 bits per heavy atom. The fourth-order valence-electron chi connectivity index (χ4n) is 2.12. The number of benzene rings is 1. The number of rotatable bonds is 1. The van der Waals surface area contributed by atoms with Crippen molar-refractivity contribution in [2.75, 3.05) is 32.0 Å². The molecule has 0 unspecified atom stereocenters. The van der Waals surface area contributed by atoms with Crippen molar-refractivity contribution in [1.29, 1.82) is 0 Å². The maximum Gasteiger partial charge on any atom is 0.418 e. The number of hydrogen-bond acceptors (Lipinski definition) is 3. The number of ether oxygens (including phenoxy) is 1. The van der Waals surface area contributed by atoms with Crippen LogP contribution in [0.5, 0.6) is 0 Å². The third-order valence-corrected chi connectivity index (χ3v) is 3.15. The fourth-order valence-corrected chi connectivity index (χ4v) is 2.12. The van der Waals surface area contributed by atoms with E-state index in [1.54, 1.807) is 0 Å². The van der Waals surface area contributed by atoms with Gasteiger partial charge in [0.2, 0.25) is 0 Å². The Hall–Kier alpha value is -1.76. The van der Waals surface area contributed by atoms with Crippen LogP contribution in [-0.4, -0.2) is 37.1 Å². The molecular formula is C13H15F3N2O2. The predicted molar refractivity (Wildman–Crippen MR) is 67.2 cm³/mol. The minimum Gasteiger partial charge on any atom is -0.398 e. The van der Waals surface area contributed by atoms with Gasteiger partial charge in [-0.25, -0.2) is 0 Å². The number of para-hydroxylation sites is 1. The molecule has 0 spiro atoms. The van der Waals surface area contributed by atoms with Crippen molar-refractivity contribution in [1.82, 2.24) is 4.90 Å². The van der Waals surface area contributed by atoms with E-state index in [2.05, 4.69) is 0 Å². The zero-order valence-corrected chi connectivity index (χ0v) is 10.7. The van der Waals surface area contributed by atoms with Crippen LogP contribution in [0.1, 0.15) is 22.3 Å². The molecule has 1 fully saturated rings. The van der Waals surface area contributed by atoms with Crippen molar-refractivity contribution in [3.63, 3.8) is 0 Å². The van der Waals surface area contributed by atoms with Crippen LogP contribution in [0.25, 0.3) is 0 Å². The summed E-state index contributed by atoms with van der Waals surface area (Å²) >= 11 is 0. The molecule has 1 aliphatic rings. The average Bonchev–Trinajstić information content (AvgIpc) is 2.65. The lowest BCUT2D eigenvalue weighted by molar-refractivity contribution is -0.136. The topological polar surface area (TPSA) is 55.6 Å². The lowest BCUT2D eigenvalue weighted by Gasteiger charge is -2.21. The number of carbonyl (C=O) groups is 1. The van der Waals surface area contributed by atoms with E-state index in [0.29, 0.717) is 32.7 Å². The first-order valence-electron chi connectivity index (χ1n) is 6.24. The molecule has 1 saturated heterocycles. The molecule has 1 aromatic rings. The summed E-state index contributed by atoms with van der Waals surface area (Å²) in [7, 11) is 0. The first kappa shape index (κ1) is 14.6. The smallest absolute Gasteiger partial charge is 0.398 e. The summed E-state index contributed by atoms with van der Waals surface area (Å²) in [5, 5.41) is 0. The van der Waals surface area contributed by atoms with E-state index in [4.69, 9.17) is 10.5 Å². The summed E-state index contributed by atoms with van der Waals surface area (Å²) in [5.41, 5.74) is 3.91. The number of nitrogen functional groups attached to an aromatic ring is 1. The first-order valence-corrected chi connectivity index (χ1v) is 6.24. The molecule has 0 atom stereocenters. The summed E-state index contributed by atoms with van der Waals surface area (Å²) in [5.74, 6) is -0.487. The number of alkyl halides is 3. The predicted octanol–water partition coefficient (Wildman–Crippen LogP) is 2.15. The van der Waals surface area contributed by atoms with Crippen LogP contribution < -0.4 is 5.73 Å². The van der Waals surface area contributed by atoms with Crippen molar-refractivity contribution in [3.05, 3.63) is 29.3 Å². The largest absolute Gasteiger partial charge is 0.418 e. The van der Waals surface area contributed by atoms with Gasteiger partial charge in [-0.15, -0.1) is 0 Å². The molecule has 1 aliphatic heterocycles. The monoisotopic (exact) mass is 288 g/mol. The van der Waals surface area contributed by atoms with Crippen molar-refractivity contribution in [3.8, 4) is 0 Å². The second-order valence-corrected chi connectivity index (χ2v) is 4.52. The Labute approximate surface area is 114 Å². The van der Waals surface area contributed by atoms with Gasteiger partial charge < -0.3 is 15.4 Å². The van der Waals surface area contributed by atoms with Crippen molar-refractivity contribution in [2.45, 2.75) is 12.6 Å². The minimum atomic E-state index is -4.57. The molecule has 2 rings (SSSR count). The van der Waals surface area contributed by atoms with Crippen LogP contribution in [-0.2, 0) is 10.9 Å². The van der Waals surface area contributed by atoms with Crippen LogP contribution >= 0.6 is 0 Å². The Morgan fingerprint density at radius 1 is 1.25 bits per heavy atom. The average molecular weight is 288 g/mol. The van der Waals surface area contributed by atoms with E-state index < -0.39 is 23.3 Å². The van der Waals surface area contributed by atoms with E-state index in [0.717, 1.165) is 6.07 Å². The standard InChI is InChI=1S/C13H15F3N2O2/c14-13(15,16)10-4-1-3-9(11(10)17)12(19)18-5-2-7-20-8-6-18/h1,3-4H,2,5-8,17H2. The molecule has 0 radical (unpaired) electrons. The van der Waals surface area contributed by atoms with E-state index in [1.807, 2.05) is 0 Å². The Morgan fingerprint density at radius 3 is 2.70 bits per heavy atom. The van der Waals surface area contributed by atoms with E-state index in [1.165, 1.54) is 17.0 Å². The van der Waals surface area contributed by atoms with Gasteiger partial charge in [-0.05, 0) is 18.6 Å². The number of halogens is 3. The van der Waals surface area contributed by atoms with Gasteiger partial charge in [0.15, 0.2) is 0 Å². The van der Waals surface area contributed by atoms with Gasteiger partial charge in [0.25, 0.3) is 5.91 Å². The molecule has 1 aromatic carbocycles. The van der Waals surface area contributed by atoms with Crippen LogP contribution in [0.2, 0.25) is 0 Å². The highest BCUT2D eigenvalue weighted by Crippen LogP contribution is 2.35. The van der Waals surface area contributed by atoms with E-state index >= 15 is 0 Å². The summed E-state index contributed by atoms with van der Waals surface area (Å²) < 4.78 is 43.5. The molecule has 1 heterocycles. The van der Waals surface area contributed by atoms with Gasteiger partial charge in [-0.2, -0.15) is 13.2 Å². The Balaban J connectivity index is 2.30. The highest BCUT2D eigenvalue weighted by atomic mass is 19.4. The molecule has 7 heteroatoms. The van der Waals surface area contributed by atoms with Crippen molar-refractivity contribution >= 4 is 11.6 Å². The molecule has 0 saturated carbocycles. The maximum atomic E-state index is 12.8. The van der Waals surface area contributed by atoms with Crippen LogP contribution in [0.4, 0.5) is 18.9 Å². The lowest BCUT2D eigenvalue weighted by atomic mass is 10.1. The van der Waals surface area contributed by atoms with Gasteiger partial charge in [-0.1, -0.05) is 6.07 Å². The second-order valence-electron chi connectivity index (χ2n) is 4.52. The van der Waals surface area contributed by atoms with Crippen LogP contribution in [0, 0.1) is 0 Å². The highest BCUT2D eigenvalue weighted by Gasteiger charge is 2.34. The number of carbonyl (C=O) groups excluding carboxylic acids is 1. The van der Waals surface area contributed by atoms with E-state index in [9.17, 15) is 18.0 Å². The molecule has 0 aromatic heterocycles. The van der Waals surface area contributed by atoms with Crippen molar-refractivity contribution < 1.29 is 22.7 Å². The fraction of sp³-hybridized carbons (Fsp3) is 0.462. The molecule has 1 amide bonds. The van der Waals surface area contributed by atoms with Crippen molar-refractivity contribution in [2.24, 2.45) is 0 Å². The van der Waals surface area contributed by atoms with Crippen LogP contribution in [0.15, 0.2) is 18.2 Å². The van der Waals surface area contributed by atoms with Gasteiger partial charge >= 0.3 is 6.18 Å². The Kier molecular flexibility index (Phi) is 4.17. The van der Waals surface area contributed by atoms with Gasteiger partial charge in [0, 0.05) is 19.7 Å². The highest BCUT2D eigenvalue weighted by molar-refractivity contribution is 5.99.